The largest absolute Gasteiger partial charge is 0.496 e. The summed E-state index contributed by atoms with van der Waals surface area (Å²) >= 11 is 0. The maximum absolute atomic E-state index is 8.78. The number of ether oxygens (including phenoxy) is 1. The normalized spacial score (nSPS) is 20.3. The zero-order valence-corrected chi connectivity index (χ0v) is 12.4. The minimum absolute atomic E-state index is 0.121. The van der Waals surface area contributed by atoms with Gasteiger partial charge < -0.3 is 21.0 Å². The molecule has 0 unspecified atom stereocenters. The highest BCUT2D eigenvalue weighted by molar-refractivity contribution is 5.97. The Morgan fingerprint density at radius 2 is 2.24 bits per heavy atom. The van der Waals surface area contributed by atoms with Gasteiger partial charge in [-0.05, 0) is 55.2 Å². The molecule has 5 heteroatoms. The molecule has 0 spiro atoms. The fourth-order valence-corrected chi connectivity index (χ4v) is 3.17. The van der Waals surface area contributed by atoms with Crippen LogP contribution in [0.25, 0.3) is 0 Å². The third-order valence-corrected chi connectivity index (χ3v) is 4.81. The van der Waals surface area contributed by atoms with Gasteiger partial charge in [0.2, 0.25) is 0 Å². The Bertz CT molecular complexity index is 548. The summed E-state index contributed by atoms with van der Waals surface area (Å²) in [7, 11) is 1.66. The molecule has 0 atom stereocenters. The van der Waals surface area contributed by atoms with Crippen LogP contribution in [0.3, 0.4) is 0 Å². The molecule has 21 heavy (non-hydrogen) atoms. The molecule has 4 N–H and O–H groups in total. The first-order chi connectivity index (χ1) is 10.2. The van der Waals surface area contributed by atoms with Gasteiger partial charge in [0.05, 0.1) is 7.11 Å². The van der Waals surface area contributed by atoms with E-state index in [2.05, 4.69) is 10.5 Å². The Balaban J connectivity index is 1.65. The van der Waals surface area contributed by atoms with Crippen LogP contribution in [0.5, 0.6) is 5.75 Å². The molecule has 0 aliphatic heterocycles. The summed E-state index contributed by atoms with van der Waals surface area (Å²) in [6.45, 7) is 1.82. The van der Waals surface area contributed by atoms with Crippen molar-refractivity contribution in [1.29, 1.82) is 0 Å². The zero-order chi connectivity index (χ0) is 14.9. The van der Waals surface area contributed by atoms with Gasteiger partial charge in [-0.3, -0.25) is 0 Å². The molecule has 5 nitrogen and oxygen atoms in total. The lowest BCUT2D eigenvalue weighted by atomic mass is 10.0. The van der Waals surface area contributed by atoms with Gasteiger partial charge in [-0.2, -0.15) is 0 Å². The van der Waals surface area contributed by atoms with Crippen LogP contribution in [0.15, 0.2) is 23.4 Å². The van der Waals surface area contributed by atoms with Gasteiger partial charge in [-0.15, -0.1) is 0 Å². The maximum Gasteiger partial charge on any atom is 0.170 e. The number of hydrogen-bond donors (Lipinski definition) is 3. The number of benzene rings is 1. The maximum atomic E-state index is 8.78. The molecule has 2 aliphatic carbocycles. The molecule has 0 aromatic heterocycles. The molecule has 2 aliphatic rings. The van der Waals surface area contributed by atoms with Crippen molar-refractivity contribution in [3.63, 3.8) is 0 Å². The molecule has 1 aromatic carbocycles. The van der Waals surface area contributed by atoms with Crippen LogP contribution in [0.1, 0.15) is 36.8 Å². The first-order valence-corrected chi connectivity index (χ1v) is 7.54. The first-order valence-electron chi connectivity index (χ1n) is 7.54. The van der Waals surface area contributed by atoms with Crippen molar-refractivity contribution in [1.82, 2.24) is 5.32 Å². The van der Waals surface area contributed by atoms with E-state index in [9.17, 15) is 0 Å². The zero-order valence-electron chi connectivity index (χ0n) is 12.4. The Kier molecular flexibility index (Phi) is 3.76. The van der Waals surface area contributed by atoms with Crippen LogP contribution < -0.4 is 15.8 Å². The second-order valence-corrected chi connectivity index (χ2v) is 6.25. The van der Waals surface area contributed by atoms with Crippen molar-refractivity contribution in [2.75, 3.05) is 13.7 Å². The van der Waals surface area contributed by atoms with E-state index in [1.165, 1.54) is 25.7 Å². The highest BCUT2D eigenvalue weighted by Gasteiger charge is 2.53. The summed E-state index contributed by atoms with van der Waals surface area (Å²) in [5.74, 6) is 1.90. The number of methoxy groups -OCH3 is 1. The highest BCUT2D eigenvalue weighted by atomic mass is 16.5. The average molecular weight is 289 g/mol. The average Bonchev–Trinajstić information content (AvgIpc) is 3.38. The number of hydrogen-bond acceptors (Lipinski definition) is 4. The van der Waals surface area contributed by atoms with Gasteiger partial charge in [0.15, 0.2) is 5.84 Å². The molecule has 0 amide bonds. The molecule has 0 saturated heterocycles. The van der Waals surface area contributed by atoms with Crippen molar-refractivity contribution >= 4 is 5.84 Å². The molecule has 3 rings (SSSR count). The van der Waals surface area contributed by atoms with Gasteiger partial charge in [0.1, 0.15) is 5.75 Å². The predicted octanol–water partition coefficient (Wildman–Crippen LogP) is 2.07. The quantitative estimate of drug-likeness (QED) is 0.311. The minimum Gasteiger partial charge on any atom is -0.496 e. The van der Waals surface area contributed by atoms with E-state index < -0.39 is 0 Å². The standard InChI is InChI=1S/C16H23N3O2/c1-21-14-5-2-11(15(17)19-20)8-12(14)9-18-10-16(6-7-16)13-3-4-13/h2,5,8,13,18,20H,3-4,6-7,9-10H2,1H3,(H2,17,19). The van der Waals surface area contributed by atoms with Gasteiger partial charge in [0, 0.05) is 24.2 Å². The van der Waals surface area contributed by atoms with E-state index in [-0.39, 0.29) is 5.84 Å². The van der Waals surface area contributed by atoms with Gasteiger partial charge in [-0.1, -0.05) is 5.16 Å². The molecule has 0 heterocycles. The second-order valence-electron chi connectivity index (χ2n) is 6.25. The van der Waals surface area contributed by atoms with Crippen LogP contribution in [0.4, 0.5) is 0 Å². The monoisotopic (exact) mass is 289 g/mol. The molecule has 0 radical (unpaired) electrons. The Labute approximate surface area is 125 Å². The third kappa shape index (κ3) is 2.97. The van der Waals surface area contributed by atoms with Gasteiger partial charge >= 0.3 is 0 Å². The van der Waals surface area contributed by atoms with Crippen LogP contribution in [0, 0.1) is 11.3 Å². The third-order valence-electron chi connectivity index (χ3n) is 4.81. The summed E-state index contributed by atoms with van der Waals surface area (Å²) in [6, 6.07) is 5.57. The summed E-state index contributed by atoms with van der Waals surface area (Å²) in [4.78, 5) is 0. The topological polar surface area (TPSA) is 79.9 Å². The van der Waals surface area contributed by atoms with Crippen LogP contribution in [-0.2, 0) is 6.54 Å². The van der Waals surface area contributed by atoms with Gasteiger partial charge in [-0.25, -0.2) is 0 Å². The predicted molar refractivity (Wildman–Crippen MR) is 81.6 cm³/mol. The Morgan fingerprint density at radius 3 is 2.81 bits per heavy atom. The number of nitrogens with two attached hydrogens (primary N) is 1. The molecular formula is C16H23N3O2. The van der Waals surface area contributed by atoms with Gasteiger partial charge in [0.25, 0.3) is 0 Å². The van der Waals surface area contributed by atoms with Crippen LogP contribution in [-0.4, -0.2) is 24.7 Å². The molecule has 1 aromatic rings. The summed E-state index contributed by atoms with van der Waals surface area (Å²) in [5, 5.41) is 15.4. The molecule has 2 fully saturated rings. The highest BCUT2D eigenvalue weighted by Crippen LogP contribution is 2.60. The lowest BCUT2D eigenvalue weighted by Gasteiger charge is -2.16. The van der Waals surface area contributed by atoms with E-state index in [0.29, 0.717) is 11.0 Å². The molecular weight excluding hydrogens is 266 g/mol. The fourth-order valence-electron chi connectivity index (χ4n) is 3.17. The fraction of sp³-hybridized carbons (Fsp3) is 0.562. The molecule has 0 bridgehead atoms. The van der Waals surface area contributed by atoms with E-state index in [1.54, 1.807) is 13.2 Å². The van der Waals surface area contributed by atoms with Crippen molar-refractivity contribution < 1.29 is 9.94 Å². The SMILES string of the molecule is COc1ccc(/C(N)=N/O)cc1CNCC1(C2CC2)CC1. The second kappa shape index (κ2) is 5.56. The van der Waals surface area contributed by atoms with Crippen molar-refractivity contribution in [2.45, 2.75) is 32.2 Å². The van der Waals surface area contributed by atoms with E-state index in [0.717, 1.165) is 30.3 Å². The summed E-state index contributed by atoms with van der Waals surface area (Å²) in [6.07, 6.45) is 5.55. The number of oxime groups is 1. The van der Waals surface area contributed by atoms with E-state index in [4.69, 9.17) is 15.7 Å². The Hall–Kier alpha value is -1.75. The molecule has 114 valence electrons. The van der Waals surface area contributed by atoms with Crippen LogP contribution in [0.2, 0.25) is 0 Å². The van der Waals surface area contributed by atoms with Crippen molar-refractivity contribution in [2.24, 2.45) is 22.2 Å². The van der Waals surface area contributed by atoms with E-state index >= 15 is 0 Å². The lowest BCUT2D eigenvalue weighted by Crippen LogP contribution is -2.25. The summed E-state index contributed by atoms with van der Waals surface area (Å²) < 4.78 is 5.39. The Morgan fingerprint density at radius 1 is 1.48 bits per heavy atom. The number of nitrogens with zero attached hydrogens (tertiary/aromatic N) is 1. The number of rotatable bonds is 7. The minimum atomic E-state index is 0.121. The number of nitrogens with one attached hydrogen (secondary N) is 1. The lowest BCUT2D eigenvalue weighted by molar-refractivity contribution is 0.318. The number of amidine groups is 1. The smallest absolute Gasteiger partial charge is 0.170 e. The van der Waals surface area contributed by atoms with Crippen molar-refractivity contribution in [3.8, 4) is 5.75 Å². The van der Waals surface area contributed by atoms with Crippen LogP contribution >= 0.6 is 0 Å². The summed E-state index contributed by atoms with van der Waals surface area (Å²) in [5.41, 5.74) is 7.97. The first kappa shape index (κ1) is 14.2. The molecule has 2 saturated carbocycles. The van der Waals surface area contributed by atoms with E-state index in [1.807, 2.05) is 12.1 Å². The van der Waals surface area contributed by atoms with Crippen molar-refractivity contribution in [3.05, 3.63) is 29.3 Å².